The zero-order valence-electron chi connectivity index (χ0n) is 12.5. The van der Waals surface area contributed by atoms with Crippen LogP contribution in [0.5, 0.6) is 5.75 Å². The predicted molar refractivity (Wildman–Crippen MR) is 81.3 cm³/mol. The second-order valence-corrected chi connectivity index (χ2v) is 5.52. The summed E-state index contributed by atoms with van der Waals surface area (Å²) in [6.45, 7) is 6.34. The Bertz CT molecular complexity index is 546. The van der Waals surface area contributed by atoms with Crippen LogP contribution >= 0.6 is 0 Å². The normalized spacial score (nSPS) is 17.0. The third kappa shape index (κ3) is 3.82. The molecule has 0 N–H and O–H groups in total. The van der Waals surface area contributed by atoms with Crippen LogP contribution < -0.4 is 4.74 Å². The van der Waals surface area contributed by atoms with Crippen LogP contribution in [0.4, 0.5) is 0 Å². The first-order valence-corrected chi connectivity index (χ1v) is 7.58. The van der Waals surface area contributed by atoms with E-state index in [4.69, 9.17) is 4.74 Å². The van der Waals surface area contributed by atoms with Gasteiger partial charge < -0.3 is 14.2 Å². The molecule has 3 rings (SSSR count). The summed E-state index contributed by atoms with van der Waals surface area (Å²) in [5.41, 5.74) is 0. The molecule has 1 saturated heterocycles. The summed E-state index contributed by atoms with van der Waals surface area (Å²) >= 11 is 0. The molecule has 0 spiro atoms. The van der Waals surface area contributed by atoms with E-state index in [2.05, 4.69) is 19.4 Å². The summed E-state index contributed by atoms with van der Waals surface area (Å²) in [5, 5.41) is 0. The van der Waals surface area contributed by atoms with Crippen LogP contribution in [0, 0.1) is 6.92 Å². The molecule has 1 aliphatic heterocycles. The molecule has 0 amide bonds. The fourth-order valence-corrected chi connectivity index (χ4v) is 2.75. The molecule has 2 aromatic rings. The van der Waals surface area contributed by atoms with Gasteiger partial charge in [-0.1, -0.05) is 0 Å². The topological polar surface area (TPSA) is 43.2 Å². The lowest BCUT2D eigenvalue weighted by Crippen LogP contribution is -2.39. The van der Waals surface area contributed by atoms with Crippen LogP contribution in [0.1, 0.15) is 18.7 Å². The number of aromatic nitrogens is 3. The highest BCUT2D eigenvalue weighted by atomic mass is 16.5. The maximum atomic E-state index is 5.97. The number of hydrogen-bond donors (Lipinski definition) is 0. The van der Waals surface area contributed by atoms with Crippen molar-refractivity contribution in [2.45, 2.75) is 32.4 Å². The summed E-state index contributed by atoms with van der Waals surface area (Å²) in [4.78, 5) is 10.8. The molecule has 5 heteroatoms. The summed E-state index contributed by atoms with van der Waals surface area (Å²) in [6.07, 6.45) is 9.95. The molecule has 0 bridgehead atoms. The van der Waals surface area contributed by atoms with Gasteiger partial charge in [0.25, 0.3) is 0 Å². The van der Waals surface area contributed by atoms with Crippen LogP contribution in [-0.4, -0.2) is 45.2 Å². The first kappa shape index (κ1) is 14.1. The van der Waals surface area contributed by atoms with Crippen LogP contribution in [-0.2, 0) is 6.54 Å². The summed E-state index contributed by atoms with van der Waals surface area (Å²) in [5.74, 6) is 1.97. The van der Waals surface area contributed by atoms with Gasteiger partial charge in [0.1, 0.15) is 17.7 Å². The first-order valence-electron chi connectivity index (χ1n) is 7.58. The average Bonchev–Trinajstić information content (AvgIpc) is 2.93. The molecular formula is C16H22N4O. The largest absolute Gasteiger partial charge is 0.489 e. The van der Waals surface area contributed by atoms with E-state index in [1.165, 1.54) is 0 Å². The van der Waals surface area contributed by atoms with Crippen LogP contribution in [0.15, 0.2) is 36.9 Å². The maximum absolute atomic E-state index is 5.97. The second-order valence-electron chi connectivity index (χ2n) is 5.52. The molecule has 0 atom stereocenters. The Balaban J connectivity index is 1.42. The highest BCUT2D eigenvalue weighted by Crippen LogP contribution is 2.17. The minimum Gasteiger partial charge on any atom is -0.489 e. The van der Waals surface area contributed by atoms with Crippen LogP contribution in [0.2, 0.25) is 0 Å². The molecule has 0 unspecified atom stereocenters. The van der Waals surface area contributed by atoms with E-state index >= 15 is 0 Å². The van der Waals surface area contributed by atoms with E-state index in [1.54, 1.807) is 12.4 Å². The highest BCUT2D eigenvalue weighted by molar-refractivity contribution is 5.15. The van der Waals surface area contributed by atoms with Gasteiger partial charge in [0.05, 0.1) is 6.20 Å². The predicted octanol–water partition coefficient (Wildman–Crippen LogP) is 2.13. The van der Waals surface area contributed by atoms with Gasteiger partial charge in [-0.25, -0.2) is 4.98 Å². The lowest BCUT2D eigenvalue weighted by atomic mass is 10.1. The maximum Gasteiger partial charge on any atom is 0.137 e. The van der Waals surface area contributed by atoms with Crippen molar-refractivity contribution in [1.29, 1.82) is 0 Å². The van der Waals surface area contributed by atoms with Crippen molar-refractivity contribution < 1.29 is 4.74 Å². The molecule has 2 aromatic heterocycles. The third-order valence-electron chi connectivity index (χ3n) is 4.05. The zero-order valence-corrected chi connectivity index (χ0v) is 12.5. The van der Waals surface area contributed by atoms with Crippen molar-refractivity contribution in [3.05, 3.63) is 42.7 Å². The van der Waals surface area contributed by atoms with Gasteiger partial charge in [-0.05, 0) is 31.9 Å². The molecule has 112 valence electrons. The van der Waals surface area contributed by atoms with Gasteiger partial charge in [0, 0.05) is 44.8 Å². The van der Waals surface area contributed by atoms with Crippen molar-refractivity contribution in [3.8, 4) is 5.75 Å². The number of nitrogens with zero attached hydrogens (tertiary/aromatic N) is 4. The lowest BCUT2D eigenvalue weighted by molar-refractivity contribution is 0.0982. The fourth-order valence-electron chi connectivity index (χ4n) is 2.75. The fraction of sp³-hybridized carbons (Fsp3) is 0.500. The van der Waals surface area contributed by atoms with Crippen molar-refractivity contribution in [3.63, 3.8) is 0 Å². The standard InChI is InChI=1S/C16H22N4O/c1-14-18-7-10-20(14)12-11-19-8-4-15(5-9-19)21-16-3-2-6-17-13-16/h2-3,6-7,10,13,15H,4-5,8-9,11-12H2,1H3. The Kier molecular flexibility index (Phi) is 4.50. The number of pyridine rings is 1. The van der Waals surface area contributed by atoms with E-state index in [9.17, 15) is 0 Å². The Morgan fingerprint density at radius 2 is 2.10 bits per heavy atom. The Morgan fingerprint density at radius 3 is 2.76 bits per heavy atom. The van der Waals surface area contributed by atoms with E-state index < -0.39 is 0 Å². The summed E-state index contributed by atoms with van der Waals surface area (Å²) in [6, 6.07) is 3.89. The van der Waals surface area contributed by atoms with E-state index in [0.29, 0.717) is 6.10 Å². The summed E-state index contributed by atoms with van der Waals surface area (Å²) in [7, 11) is 0. The number of imidazole rings is 1. The molecule has 1 fully saturated rings. The molecule has 0 radical (unpaired) electrons. The molecule has 0 aromatic carbocycles. The van der Waals surface area contributed by atoms with Crippen molar-refractivity contribution in [1.82, 2.24) is 19.4 Å². The van der Waals surface area contributed by atoms with Crippen molar-refractivity contribution in [2.75, 3.05) is 19.6 Å². The molecular weight excluding hydrogens is 264 g/mol. The number of rotatable bonds is 5. The minimum atomic E-state index is 0.320. The van der Waals surface area contributed by atoms with E-state index in [0.717, 1.165) is 50.6 Å². The molecule has 0 aliphatic carbocycles. The van der Waals surface area contributed by atoms with Gasteiger partial charge in [-0.3, -0.25) is 4.98 Å². The van der Waals surface area contributed by atoms with Gasteiger partial charge in [-0.2, -0.15) is 0 Å². The first-order chi connectivity index (χ1) is 10.3. The number of aryl methyl sites for hydroxylation is 1. The number of ether oxygens (including phenoxy) is 1. The monoisotopic (exact) mass is 286 g/mol. The lowest BCUT2D eigenvalue weighted by Gasteiger charge is -2.32. The SMILES string of the molecule is Cc1nccn1CCN1CCC(Oc2cccnc2)CC1. The Morgan fingerprint density at radius 1 is 1.24 bits per heavy atom. The molecule has 3 heterocycles. The van der Waals surface area contributed by atoms with Gasteiger partial charge in [0.2, 0.25) is 0 Å². The smallest absolute Gasteiger partial charge is 0.137 e. The van der Waals surface area contributed by atoms with Crippen LogP contribution in [0.25, 0.3) is 0 Å². The molecule has 5 nitrogen and oxygen atoms in total. The Labute approximate surface area is 125 Å². The van der Waals surface area contributed by atoms with Gasteiger partial charge >= 0.3 is 0 Å². The minimum absolute atomic E-state index is 0.320. The molecule has 1 aliphatic rings. The summed E-state index contributed by atoms with van der Waals surface area (Å²) < 4.78 is 8.18. The van der Waals surface area contributed by atoms with Gasteiger partial charge in [0.15, 0.2) is 0 Å². The molecule has 21 heavy (non-hydrogen) atoms. The highest BCUT2D eigenvalue weighted by Gasteiger charge is 2.20. The Hall–Kier alpha value is -1.88. The molecule has 0 saturated carbocycles. The average molecular weight is 286 g/mol. The number of piperidine rings is 1. The van der Waals surface area contributed by atoms with Gasteiger partial charge in [-0.15, -0.1) is 0 Å². The van der Waals surface area contributed by atoms with E-state index in [-0.39, 0.29) is 0 Å². The second kappa shape index (κ2) is 6.72. The number of likely N-dealkylation sites (tertiary alicyclic amines) is 1. The third-order valence-corrected chi connectivity index (χ3v) is 4.05. The van der Waals surface area contributed by atoms with Crippen molar-refractivity contribution >= 4 is 0 Å². The van der Waals surface area contributed by atoms with Crippen LogP contribution in [0.3, 0.4) is 0 Å². The number of hydrogen-bond acceptors (Lipinski definition) is 4. The zero-order chi connectivity index (χ0) is 14.5. The van der Waals surface area contributed by atoms with Crippen molar-refractivity contribution in [2.24, 2.45) is 0 Å². The van der Waals surface area contributed by atoms with E-state index in [1.807, 2.05) is 31.5 Å². The quantitative estimate of drug-likeness (QED) is 0.844.